The molecule has 2 heterocycles. The van der Waals surface area contributed by atoms with Gasteiger partial charge in [0.05, 0.1) is 6.61 Å². The lowest BCUT2D eigenvalue weighted by Gasteiger charge is -2.18. The molecular formula is C16H26N2OS. The van der Waals surface area contributed by atoms with Crippen molar-refractivity contribution in [3.8, 4) is 0 Å². The summed E-state index contributed by atoms with van der Waals surface area (Å²) in [5.74, 6) is 0. The van der Waals surface area contributed by atoms with Crippen LogP contribution in [0.5, 0.6) is 0 Å². The molecule has 0 radical (unpaired) electrons. The van der Waals surface area contributed by atoms with E-state index >= 15 is 0 Å². The predicted molar refractivity (Wildman–Crippen MR) is 84.1 cm³/mol. The monoisotopic (exact) mass is 294 g/mol. The van der Waals surface area contributed by atoms with Crippen LogP contribution in [-0.4, -0.2) is 37.2 Å². The molecule has 1 aliphatic heterocycles. The molecule has 1 aromatic heterocycles. The Kier molecular flexibility index (Phi) is 5.10. The summed E-state index contributed by atoms with van der Waals surface area (Å²) in [7, 11) is 2.23. The van der Waals surface area contributed by atoms with Crippen LogP contribution in [0, 0.1) is 0 Å². The Morgan fingerprint density at radius 2 is 2.15 bits per heavy atom. The molecule has 1 saturated carbocycles. The molecule has 4 heteroatoms. The zero-order valence-corrected chi connectivity index (χ0v) is 13.3. The molecule has 0 amide bonds. The highest BCUT2D eigenvalue weighted by molar-refractivity contribution is 7.11. The van der Waals surface area contributed by atoms with Gasteiger partial charge in [0.25, 0.3) is 0 Å². The molecule has 0 spiro atoms. The van der Waals surface area contributed by atoms with Gasteiger partial charge in [0.1, 0.15) is 0 Å². The zero-order valence-electron chi connectivity index (χ0n) is 12.4. The average molecular weight is 294 g/mol. The first-order valence-electron chi connectivity index (χ1n) is 7.90. The first-order valence-corrected chi connectivity index (χ1v) is 8.72. The standard InChI is InChI=1S/C16H26N2OS/c1-18-9-2-3-14(18)8-10-19-12-16-7-6-15(20-16)11-17-13-4-5-13/h6-7,13-14,17H,2-5,8-12H2,1H3. The van der Waals surface area contributed by atoms with Crippen molar-refractivity contribution in [2.75, 3.05) is 20.2 Å². The van der Waals surface area contributed by atoms with Crippen molar-refractivity contribution in [3.05, 3.63) is 21.9 Å². The van der Waals surface area contributed by atoms with E-state index in [-0.39, 0.29) is 0 Å². The SMILES string of the molecule is CN1CCCC1CCOCc1ccc(CNC2CC2)s1. The number of hydrogen-bond donors (Lipinski definition) is 1. The van der Waals surface area contributed by atoms with Gasteiger partial charge in [0.15, 0.2) is 0 Å². The molecular weight excluding hydrogens is 268 g/mol. The summed E-state index contributed by atoms with van der Waals surface area (Å²) in [6.45, 7) is 3.96. The van der Waals surface area contributed by atoms with E-state index in [9.17, 15) is 0 Å². The molecule has 3 nitrogen and oxygen atoms in total. The minimum atomic E-state index is 0.747. The summed E-state index contributed by atoms with van der Waals surface area (Å²) in [5, 5.41) is 3.56. The van der Waals surface area contributed by atoms with E-state index in [0.717, 1.165) is 31.8 Å². The van der Waals surface area contributed by atoms with Crippen molar-refractivity contribution in [1.82, 2.24) is 10.2 Å². The van der Waals surface area contributed by atoms with Crippen molar-refractivity contribution >= 4 is 11.3 Å². The minimum absolute atomic E-state index is 0.747. The van der Waals surface area contributed by atoms with Gasteiger partial charge in [-0.1, -0.05) is 0 Å². The second kappa shape index (κ2) is 7.03. The van der Waals surface area contributed by atoms with Crippen molar-refractivity contribution in [3.63, 3.8) is 0 Å². The fourth-order valence-corrected chi connectivity index (χ4v) is 3.77. The fraction of sp³-hybridized carbons (Fsp3) is 0.750. The Bertz CT molecular complexity index is 416. The maximum Gasteiger partial charge on any atom is 0.0809 e. The lowest BCUT2D eigenvalue weighted by atomic mass is 10.1. The number of rotatable bonds is 8. The topological polar surface area (TPSA) is 24.5 Å². The summed E-state index contributed by atoms with van der Waals surface area (Å²) < 4.78 is 5.84. The summed E-state index contributed by atoms with van der Waals surface area (Å²) in [5.41, 5.74) is 0. The molecule has 1 N–H and O–H groups in total. The van der Waals surface area contributed by atoms with Crippen LogP contribution >= 0.6 is 11.3 Å². The van der Waals surface area contributed by atoms with Crippen LogP contribution in [0.4, 0.5) is 0 Å². The zero-order chi connectivity index (χ0) is 13.8. The highest BCUT2D eigenvalue weighted by Gasteiger charge is 2.21. The number of ether oxygens (including phenoxy) is 1. The quantitative estimate of drug-likeness (QED) is 0.746. The normalized spacial score (nSPS) is 23.6. The van der Waals surface area contributed by atoms with Crippen molar-refractivity contribution < 1.29 is 4.74 Å². The molecule has 0 aromatic carbocycles. The van der Waals surface area contributed by atoms with Crippen LogP contribution in [-0.2, 0) is 17.9 Å². The Labute approximate surface area is 126 Å². The Balaban J connectivity index is 1.31. The fourth-order valence-electron chi connectivity index (χ4n) is 2.86. The average Bonchev–Trinajstić information content (AvgIpc) is 3.03. The number of hydrogen-bond acceptors (Lipinski definition) is 4. The summed E-state index contributed by atoms with van der Waals surface area (Å²) >= 11 is 1.89. The van der Waals surface area contributed by atoms with Crippen LogP contribution in [0.15, 0.2) is 12.1 Å². The van der Waals surface area contributed by atoms with E-state index in [0.29, 0.717) is 0 Å². The molecule has 1 atom stereocenters. The van der Waals surface area contributed by atoms with Crippen molar-refractivity contribution in [2.24, 2.45) is 0 Å². The molecule has 2 fully saturated rings. The molecule has 1 unspecified atom stereocenters. The Hall–Kier alpha value is -0.420. The lowest BCUT2D eigenvalue weighted by molar-refractivity contribution is 0.103. The second-order valence-corrected chi connectivity index (χ2v) is 7.39. The van der Waals surface area contributed by atoms with Gasteiger partial charge in [-0.25, -0.2) is 0 Å². The van der Waals surface area contributed by atoms with E-state index in [2.05, 4.69) is 29.4 Å². The minimum Gasteiger partial charge on any atom is -0.376 e. The second-order valence-electron chi connectivity index (χ2n) is 6.14. The van der Waals surface area contributed by atoms with Crippen LogP contribution < -0.4 is 5.32 Å². The molecule has 1 aromatic rings. The van der Waals surface area contributed by atoms with E-state index in [1.165, 1.54) is 48.4 Å². The molecule has 2 aliphatic rings. The van der Waals surface area contributed by atoms with Crippen LogP contribution in [0.1, 0.15) is 41.9 Å². The lowest BCUT2D eigenvalue weighted by Crippen LogP contribution is -2.25. The van der Waals surface area contributed by atoms with Gasteiger partial charge in [-0.05, 0) is 57.8 Å². The van der Waals surface area contributed by atoms with E-state index in [4.69, 9.17) is 4.74 Å². The predicted octanol–water partition coefficient (Wildman–Crippen LogP) is 3.00. The van der Waals surface area contributed by atoms with E-state index in [1.807, 2.05) is 11.3 Å². The molecule has 1 aliphatic carbocycles. The van der Waals surface area contributed by atoms with E-state index < -0.39 is 0 Å². The first kappa shape index (κ1) is 14.5. The smallest absolute Gasteiger partial charge is 0.0809 e. The van der Waals surface area contributed by atoms with Crippen molar-refractivity contribution in [2.45, 2.75) is 57.3 Å². The third kappa shape index (κ3) is 4.29. The summed E-state index contributed by atoms with van der Waals surface area (Å²) in [4.78, 5) is 5.26. The number of nitrogens with one attached hydrogen (secondary N) is 1. The Morgan fingerprint density at radius 3 is 2.90 bits per heavy atom. The maximum atomic E-state index is 5.84. The molecule has 20 heavy (non-hydrogen) atoms. The molecule has 3 rings (SSSR count). The Morgan fingerprint density at radius 1 is 1.30 bits per heavy atom. The van der Waals surface area contributed by atoms with Crippen LogP contribution in [0.25, 0.3) is 0 Å². The van der Waals surface area contributed by atoms with Gasteiger partial charge in [0, 0.05) is 35.0 Å². The number of likely N-dealkylation sites (tertiary alicyclic amines) is 1. The third-order valence-electron chi connectivity index (χ3n) is 4.37. The van der Waals surface area contributed by atoms with Crippen molar-refractivity contribution in [1.29, 1.82) is 0 Å². The number of thiophene rings is 1. The molecule has 112 valence electrons. The summed E-state index contributed by atoms with van der Waals surface area (Å²) in [6, 6.07) is 6.00. The third-order valence-corrected chi connectivity index (χ3v) is 5.43. The van der Waals surface area contributed by atoms with Gasteiger partial charge >= 0.3 is 0 Å². The molecule has 1 saturated heterocycles. The summed E-state index contributed by atoms with van der Waals surface area (Å²) in [6.07, 6.45) is 6.59. The van der Waals surface area contributed by atoms with Crippen LogP contribution in [0.2, 0.25) is 0 Å². The van der Waals surface area contributed by atoms with Gasteiger partial charge in [-0.3, -0.25) is 0 Å². The first-order chi connectivity index (χ1) is 9.81. The maximum absolute atomic E-state index is 5.84. The van der Waals surface area contributed by atoms with Gasteiger partial charge < -0.3 is 15.0 Å². The van der Waals surface area contributed by atoms with E-state index in [1.54, 1.807) is 0 Å². The number of nitrogens with zero attached hydrogens (tertiary/aromatic N) is 1. The highest BCUT2D eigenvalue weighted by Crippen LogP contribution is 2.22. The largest absolute Gasteiger partial charge is 0.376 e. The van der Waals surface area contributed by atoms with Gasteiger partial charge in [-0.15, -0.1) is 11.3 Å². The van der Waals surface area contributed by atoms with Gasteiger partial charge in [-0.2, -0.15) is 0 Å². The van der Waals surface area contributed by atoms with Crippen LogP contribution in [0.3, 0.4) is 0 Å². The molecule has 0 bridgehead atoms. The van der Waals surface area contributed by atoms with Gasteiger partial charge in [0.2, 0.25) is 0 Å². The highest BCUT2D eigenvalue weighted by atomic mass is 32.1.